The average Bonchev–Trinajstić information content (AvgIpc) is 2.64. The molecule has 2 aromatic rings. The van der Waals surface area contributed by atoms with Gasteiger partial charge in [-0.2, -0.15) is 0 Å². The van der Waals surface area contributed by atoms with Crippen LogP contribution >= 0.6 is 11.9 Å². The smallest absolute Gasteiger partial charge is 0.134 e. The normalized spacial score (nSPS) is 14.2. The molecule has 3 rings (SSSR count). The van der Waals surface area contributed by atoms with Crippen molar-refractivity contribution < 1.29 is 9.47 Å². The van der Waals surface area contributed by atoms with E-state index in [0.29, 0.717) is 6.61 Å². The molecular formula is C14H13NO2S. The molecular weight excluding hydrogens is 246 g/mol. The van der Waals surface area contributed by atoms with Crippen molar-refractivity contribution in [1.29, 1.82) is 0 Å². The second-order valence-corrected chi connectivity index (χ2v) is 4.80. The van der Waals surface area contributed by atoms with E-state index in [1.165, 1.54) is 0 Å². The highest BCUT2D eigenvalue weighted by Crippen LogP contribution is 2.34. The molecule has 0 saturated carbocycles. The topological polar surface area (TPSA) is 30.5 Å². The SMILES string of the molecule is c1ccc(Oc2ccc3c(c2)SNCCO3)cc1. The van der Waals surface area contributed by atoms with Gasteiger partial charge in [-0.05, 0) is 42.3 Å². The van der Waals surface area contributed by atoms with Gasteiger partial charge >= 0.3 is 0 Å². The number of hydrogen-bond donors (Lipinski definition) is 1. The first-order valence-electron chi connectivity index (χ1n) is 5.81. The first kappa shape index (κ1) is 11.4. The number of para-hydroxylation sites is 1. The lowest BCUT2D eigenvalue weighted by Gasteiger charge is -2.09. The minimum absolute atomic E-state index is 0.693. The Bertz CT molecular complexity index is 531. The molecule has 4 heteroatoms. The van der Waals surface area contributed by atoms with Crippen LogP contribution in [0.15, 0.2) is 53.4 Å². The van der Waals surface area contributed by atoms with E-state index in [4.69, 9.17) is 9.47 Å². The van der Waals surface area contributed by atoms with Gasteiger partial charge in [0.1, 0.15) is 23.9 Å². The van der Waals surface area contributed by atoms with Crippen LogP contribution in [0, 0.1) is 0 Å². The maximum Gasteiger partial charge on any atom is 0.134 e. The van der Waals surface area contributed by atoms with Gasteiger partial charge in [0.05, 0.1) is 4.90 Å². The highest BCUT2D eigenvalue weighted by atomic mass is 32.2. The molecule has 1 N–H and O–H groups in total. The molecule has 0 atom stereocenters. The number of nitrogens with one attached hydrogen (secondary N) is 1. The molecule has 0 spiro atoms. The fourth-order valence-electron chi connectivity index (χ4n) is 1.71. The van der Waals surface area contributed by atoms with Gasteiger partial charge in [0.25, 0.3) is 0 Å². The first-order chi connectivity index (χ1) is 8.92. The standard InChI is InChI=1S/C14H13NO2S/c1-2-4-11(5-3-1)17-12-6-7-13-14(10-12)18-15-8-9-16-13/h1-7,10,15H,8-9H2. The Hall–Kier alpha value is -1.65. The van der Waals surface area contributed by atoms with Crippen LogP contribution in [0.3, 0.4) is 0 Å². The van der Waals surface area contributed by atoms with E-state index in [2.05, 4.69) is 4.72 Å². The summed E-state index contributed by atoms with van der Waals surface area (Å²) in [6.07, 6.45) is 0. The summed E-state index contributed by atoms with van der Waals surface area (Å²) in [4.78, 5) is 1.06. The number of rotatable bonds is 2. The van der Waals surface area contributed by atoms with Crippen LogP contribution in [0.25, 0.3) is 0 Å². The molecule has 3 nitrogen and oxygen atoms in total. The zero-order valence-corrected chi connectivity index (χ0v) is 10.6. The van der Waals surface area contributed by atoms with Crippen LogP contribution in [-0.4, -0.2) is 13.2 Å². The van der Waals surface area contributed by atoms with Crippen LogP contribution in [0.1, 0.15) is 0 Å². The number of fused-ring (bicyclic) bond motifs is 1. The van der Waals surface area contributed by atoms with Crippen molar-refractivity contribution in [1.82, 2.24) is 4.72 Å². The summed E-state index contributed by atoms with van der Waals surface area (Å²) in [6, 6.07) is 15.6. The van der Waals surface area contributed by atoms with Crippen molar-refractivity contribution >= 4 is 11.9 Å². The summed E-state index contributed by atoms with van der Waals surface area (Å²) >= 11 is 1.58. The van der Waals surface area contributed by atoms with Crippen molar-refractivity contribution in [3.8, 4) is 17.2 Å². The van der Waals surface area contributed by atoms with Crippen LogP contribution in [0.5, 0.6) is 17.2 Å². The molecule has 1 heterocycles. The third-order valence-corrected chi connectivity index (χ3v) is 3.43. The molecule has 18 heavy (non-hydrogen) atoms. The third kappa shape index (κ3) is 2.60. The quantitative estimate of drug-likeness (QED) is 0.837. The Kier molecular flexibility index (Phi) is 3.39. The summed E-state index contributed by atoms with van der Waals surface area (Å²) in [5.41, 5.74) is 0. The summed E-state index contributed by atoms with van der Waals surface area (Å²) in [5, 5.41) is 0. The van der Waals surface area contributed by atoms with Gasteiger partial charge in [-0.25, -0.2) is 0 Å². The summed E-state index contributed by atoms with van der Waals surface area (Å²) < 4.78 is 14.6. The van der Waals surface area contributed by atoms with E-state index < -0.39 is 0 Å². The zero-order valence-electron chi connectivity index (χ0n) is 9.76. The third-order valence-electron chi connectivity index (χ3n) is 2.54. The highest BCUT2D eigenvalue weighted by molar-refractivity contribution is 7.97. The zero-order chi connectivity index (χ0) is 12.2. The maximum atomic E-state index is 5.79. The fourth-order valence-corrected chi connectivity index (χ4v) is 2.45. The lowest BCUT2D eigenvalue weighted by Crippen LogP contribution is -2.10. The van der Waals surface area contributed by atoms with Gasteiger partial charge < -0.3 is 9.47 Å². The van der Waals surface area contributed by atoms with Crippen molar-refractivity contribution in [3.05, 3.63) is 48.5 Å². The van der Waals surface area contributed by atoms with E-state index in [9.17, 15) is 0 Å². The molecule has 1 aliphatic rings. The minimum atomic E-state index is 0.693. The molecule has 0 fully saturated rings. The molecule has 0 amide bonds. The number of benzene rings is 2. The molecule has 0 aliphatic carbocycles. The highest BCUT2D eigenvalue weighted by Gasteiger charge is 2.10. The second-order valence-electron chi connectivity index (χ2n) is 3.87. The van der Waals surface area contributed by atoms with Crippen molar-refractivity contribution in [2.75, 3.05) is 13.2 Å². The Balaban J connectivity index is 1.83. The molecule has 0 unspecified atom stereocenters. The van der Waals surface area contributed by atoms with Crippen LogP contribution in [0.4, 0.5) is 0 Å². The van der Waals surface area contributed by atoms with Gasteiger partial charge in [-0.3, -0.25) is 4.72 Å². The largest absolute Gasteiger partial charge is 0.491 e. The predicted octanol–water partition coefficient (Wildman–Crippen LogP) is 3.47. The van der Waals surface area contributed by atoms with Gasteiger partial charge in [0.15, 0.2) is 0 Å². The van der Waals surface area contributed by atoms with Gasteiger partial charge in [-0.1, -0.05) is 18.2 Å². The monoisotopic (exact) mass is 259 g/mol. The van der Waals surface area contributed by atoms with Crippen molar-refractivity contribution in [3.63, 3.8) is 0 Å². The van der Waals surface area contributed by atoms with Gasteiger partial charge in [0, 0.05) is 6.54 Å². The Morgan fingerprint density at radius 1 is 1.06 bits per heavy atom. The Morgan fingerprint density at radius 2 is 1.94 bits per heavy atom. The fraction of sp³-hybridized carbons (Fsp3) is 0.143. The summed E-state index contributed by atoms with van der Waals surface area (Å²) in [5.74, 6) is 2.56. The Morgan fingerprint density at radius 3 is 2.83 bits per heavy atom. The molecule has 0 bridgehead atoms. The van der Waals surface area contributed by atoms with E-state index >= 15 is 0 Å². The lowest BCUT2D eigenvalue weighted by molar-refractivity contribution is 0.320. The van der Waals surface area contributed by atoms with Crippen molar-refractivity contribution in [2.24, 2.45) is 0 Å². The van der Waals surface area contributed by atoms with E-state index in [-0.39, 0.29) is 0 Å². The van der Waals surface area contributed by atoms with E-state index in [1.807, 2.05) is 48.5 Å². The summed E-state index contributed by atoms with van der Waals surface area (Å²) in [7, 11) is 0. The second kappa shape index (κ2) is 5.33. The van der Waals surface area contributed by atoms with Crippen LogP contribution in [-0.2, 0) is 0 Å². The average molecular weight is 259 g/mol. The van der Waals surface area contributed by atoms with E-state index in [1.54, 1.807) is 11.9 Å². The maximum absolute atomic E-state index is 5.79. The predicted molar refractivity (Wildman–Crippen MR) is 72.3 cm³/mol. The first-order valence-corrected chi connectivity index (χ1v) is 6.63. The molecule has 2 aromatic carbocycles. The molecule has 0 radical (unpaired) electrons. The van der Waals surface area contributed by atoms with Crippen molar-refractivity contribution in [2.45, 2.75) is 4.90 Å². The number of hydrogen-bond acceptors (Lipinski definition) is 4. The molecule has 0 aromatic heterocycles. The minimum Gasteiger partial charge on any atom is -0.491 e. The van der Waals surface area contributed by atoms with Crippen LogP contribution < -0.4 is 14.2 Å². The Labute approximate surface area is 110 Å². The summed E-state index contributed by atoms with van der Waals surface area (Å²) in [6.45, 7) is 1.53. The number of ether oxygens (including phenoxy) is 2. The molecule has 0 saturated heterocycles. The van der Waals surface area contributed by atoms with Gasteiger partial charge in [-0.15, -0.1) is 0 Å². The lowest BCUT2D eigenvalue weighted by atomic mass is 10.3. The van der Waals surface area contributed by atoms with Crippen LogP contribution in [0.2, 0.25) is 0 Å². The molecule has 1 aliphatic heterocycles. The van der Waals surface area contributed by atoms with Gasteiger partial charge in [0.2, 0.25) is 0 Å². The van der Waals surface area contributed by atoms with E-state index in [0.717, 1.165) is 28.7 Å². The molecule has 92 valence electrons.